The zero-order valence-electron chi connectivity index (χ0n) is 19.2. The average Bonchev–Trinajstić information content (AvgIpc) is 3.45. The molecule has 0 aliphatic heterocycles. The molecular weight excluding hydrogens is 467 g/mol. The lowest BCUT2D eigenvalue weighted by Gasteiger charge is -2.10. The summed E-state index contributed by atoms with van der Waals surface area (Å²) in [5.41, 5.74) is 3.04. The van der Waals surface area contributed by atoms with E-state index >= 15 is 0 Å². The van der Waals surface area contributed by atoms with Crippen LogP contribution >= 0.6 is 11.8 Å². The molecule has 0 spiro atoms. The van der Waals surface area contributed by atoms with E-state index in [1.54, 1.807) is 6.92 Å². The maximum absolute atomic E-state index is 13.0. The Kier molecular flexibility index (Phi) is 6.41. The number of carbonyl (C=O) groups excluding carboxylic acids is 1. The number of thioether (sulfide) groups is 1. The van der Waals surface area contributed by atoms with E-state index in [1.807, 2.05) is 30.3 Å². The Labute approximate surface area is 205 Å². The number of aromatic nitrogens is 3. The minimum atomic E-state index is -0.464. The summed E-state index contributed by atoms with van der Waals surface area (Å²) < 4.78 is 26.4. The summed E-state index contributed by atoms with van der Waals surface area (Å²) >= 11 is 1.17. The Morgan fingerprint density at radius 3 is 2.66 bits per heavy atom. The second-order valence-corrected chi connectivity index (χ2v) is 9.24. The highest BCUT2D eigenvalue weighted by atomic mass is 32.2. The molecule has 9 heteroatoms. The molecular formula is C26H23FN4O3S. The van der Waals surface area contributed by atoms with Crippen LogP contribution in [0.25, 0.3) is 21.8 Å². The third-order valence-electron chi connectivity index (χ3n) is 5.63. The monoisotopic (exact) mass is 490 g/mol. The molecule has 3 aromatic carbocycles. The zero-order chi connectivity index (χ0) is 24.4. The van der Waals surface area contributed by atoms with Gasteiger partial charge in [0.1, 0.15) is 11.6 Å². The molecule has 0 aliphatic rings. The fourth-order valence-electron chi connectivity index (χ4n) is 3.94. The van der Waals surface area contributed by atoms with Crippen LogP contribution in [0.2, 0.25) is 0 Å². The molecule has 35 heavy (non-hydrogen) atoms. The van der Waals surface area contributed by atoms with Crippen molar-refractivity contribution < 1.29 is 18.3 Å². The van der Waals surface area contributed by atoms with Crippen LogP contribution in [0.5, 0.6) is 5.75 Å². The highest BCUT2D eigenvalue weighted by Crippen LogP contribution is 2.31. The number of anilines is 1. The highest BCUT2D eigenvalue weighted by molar-refractivity contribution is 8.00. The van der Waals surface area contributed by atoms with E-state index < -0.39 is 5.25 Å². The van der Waals surface area contributed by atoms with E-state index in [2.05, 4.69) is 39.1 Å². The first-order valence-corrected chi connectivity index (χ1v) is 12.1. The fourth-order valence-corrected chi connectivity index (χ4v) is 4.64. The normalized spacial score (nSPS) is 12.2. The second-order valence-electron chi connectivity index (χ2n) is 7.95. The number of halogens is 1. The molecule has 7 nitrogen and oxygen atoms in total. The van der Waals surface area contributed by atoms with Crippen molar-refractivity contribution in [2.45, 2.75) is 37.5 Å². The van der Waals surface area contributed by atoms with Crippen molar-refractivity contribution in [2.75, 3.05) is 5.32 Å². The van der Waals surface area contributed by atoms with Gasteiger partial charge in [0, 0.05) is 34.0 Å². The van der Waals surface area contributed by atoms with Gasteiger partial charge in [-0.15, -0.1) is 10.2 Å². The molecule has 0 saturated heterocycles. The predicted octanol–water partition coefficient (Wildman–Crippen LogP) is 6.03. The van der Waals surface area contributed by atoms with E-state index in [0.717, 1.165) is 28.5 Å². The number of nitrogens with zero attached hydrogens (tertiary/aromatic N) is 3. The van der Waals surface area contributed by atoms with Crippen LogP contribution in [0.15, 0.2) is 76.4 Å². The Balaban J connectivity index is 1.23. The van der Waals surface area contributed by atoms with Crippen molar-refractivity contribution in [3.8, 4) is 5.75 Å². The molecule has 2 aromatic heterocycles. The number of nitrogens with one attached hydrogen (secondary N) is 1. The van der Waals surface area contributed by atoms with Crippen molar-refractivity contribution in [1.29, 1.82) is 0 Å². The maximum Gasteiger partial charge on any atom is 0.277 e. The molecule has 1 atom stereocenters. The van der Waals surface area contributed by atoms with Crippen molar-refractivity contribution in [3.05, 3.63) is 78.4 Å². The number of benzene rings is 3. The number of hydrogen-bond donors (Lipinski definition) is 1. The summed E-state index contributed by atoms with van der Waals surface area (Å²) in [7, 11) is 0. The molecule has 178 valence electrons. The van der Waals surface area contributed by atoms with Crippen molar-refractivity contribution >= 4 is 45.2 Å². The molecule has 1 amide bonds. The second kappa shape index (κ2) is 9.79. The summed E-state index contributed by atoms with van der Waals surface area (Å²) in [6.45, 7) is 4.81. The molecule has 0 radical (unpaired) electrons. The van der Waals surface area contributed by atoms with Crippen LogP contribution in [0, 0.1) is 5.82 Å². The molecule has 2 heterocycles. The average molecular weight is 491 g/mol. The minimum Gasteiger partial charge on any atom is -0.484 e. The van der Waals surface area contributed by atoms with Gasteiger partial charge in [-0.3, -0.25) is 4.79 Å². The lowest BCUT2D eigenvalue weighted by atomic mass is 10.1. The fraction of sp³-hybridized carbons (Fsp3) is 0.192. The Morgan fingerprint density at radius 2 is 1.86 bits per heavy atom. The summed E-state index contributed by atoms with van der Waals surface area (Å²) in [6, 6.07) is 19.9. The third-order valence-corrected chi connectivity index (χ3v) is 6.56. The zero-order valence-corrected chi connectivity index (χ0v) is 20.0. The first-order chi connectivity index (χ1) is 17.0. The van der Waals surface area contributed by atoms with E-state index in [0.29, 0.717) is 5.75 Å². The first kappa shape index (κ1) is 22.9. The Bertz CT molecular complexity index is 1500. The van der Waals surface area contributed by atoms with Gasteiger partial charge in [0.15, 0.2) is 6.61 Å². The standard InChI is InChI=1S/C26H23FN4O3S/c1-3-31-22-7-5-4-6-20(22)21-14-18(10-13-23(21)31)28-25(32)16(2)35-26-30-29-24(34-26)15-33-19-11-8-17(27)9-12-19/h4-14,16H,3,15H2,1-2H3,(H,28,32). The van der Waals surface area contributed by atoms with Gasteiger partial charge in [-0.05, 0) is 62.4 Å². The molecule has 5 aromatic rings. The smallest absolute Gasteiger partial charge is 0.277 e. The number of carbonyl (C=O) groups is 1. The summed E-state index contributed by atoms with van der Waals surface area (Å²) in [5, 5.41) is 13.0. The van der Waals surface area contributed by atoms with Gasteiger partial charge in [-0.1, -0.05) is 30.0 Å². The SMILES string of the molecule is CCn1c2ccccc2c2cc(NC(=O)C(C)Sc3nnc(COc4ccc(F)cc4)o3)ccc21. The number of rotatable bonds is 8. The molecule has 1 unspecified atom stereocenters. The summed E-state index contributed by atoms with van der Waals surface area (Å²) in [6.07, 6.45) is 0. The lowest BCUT2D eigenvalue weighted by molar-refractivity contribution is -0.115. The van der Waals surface area contributed by atoms with Crippen LogP contribution in [-0.2, 0) is 17.9 Å². The number of ether oxygens (including phenoxy) is 1. The number of hydrogen-bond acceptors (Lipinski definition) is 6. The van der Waals surface area contributed by atoms with Crippen LogP contribution < -0.4 is 10.1 Å². The quantitative estimate of drug-likeness (QED) is 0.267. The molecule has 5 rings (SSSR count). The topological polar surface area (TPSA) is 82.2 Å². The lowest BCUT2D eigenvalue weighted by Crippen LogP contribution is -2.22. The highest BCUT2D eigenvalue weighted by Gasteiger charge is 2.19. The molecule has 0 fully saturated rings. The minimum absolute atomic E-state index is 0.0468. The Hall–Kier alpha value is -3.85. The van der Waals surface area contributed by atoms with Crippen molar-refractivity contribution in [1.82, 2.24) is 14.8 Å². The molecule has 0 bridgehead atoms. The Morgan fingerprint density at radius 1 is 1.09 bits per heavy atom. The van der Waals surface area contributed by atoms with Crippen molar-refractivity contribution in [2.24, 2.45) is 0 Å². The maximum atomic E-state index is 13.0. The van der Waals surface area contributed by atoms with E-state index in [1.165, 1.54) is 41.5 Å². The molecule has 0 aliphatic carbocycles. The number of para-hydroxylation sites is 1. The largest absolute Gasteiger partial charge is 0.484 e. The van der Waals surface area contributed by atoms with Gasteiger partial charge in [-0.25, -0.2) is 4.39 Å². The van der Waals surface area contributed by atoms with Crippen LogP contribution in [0.1, 0.15) is 19.7 Å². The predicted molar refractivity (Wildman–Crippen MR) is 134 cm³/mol. The van der Waals surface area contributed by atoms with Gasteiger partial charge < -0.3 is 19.0 Å². The first-order valence-electron chi connectivity index (χ1n) is 11.2. The van der Waals surface area contributed by atoms with E-state index in [-0.39, 0.29) is 29.4 Å². The number of aryl methyl sites for hydroxylation is 1. The van der Waals surface area contributed by atoms with E-state index in [4.69, 9.17) is 9.15 Å². The summed E-state index contributed by atoms with van der Waals surface area (Å²) in [5.74, 6) is 0.248. The van der Waals surface area contributed by atoms with E-state index in [9.17, 15) is 9.18 Å². The van der Waals surface area contributed by atoms with Gasteiger partial charge in [-0.2, -0.15) is 0 Å². The summed E-state index contributed by atoms with van der Waals surface area (Å²) in [4.78, 5) is 12.8. The molecule has 0 saturated carbocycles. The van der Waals surface area contributed by atoms with Gasteiger partial charge >= 0.3 is 0 Å². The van der Waals surface area contributed by atoms with Crippen LogP contribution in [-0.4, -0.2) is 25.9 Å². The van der Waals surface area contributed by atoms with Crippen molar-refractivity contribution in [3.63, 3.8) is 0 Å². The molecule has 1 N–H and O–H groups in total. The number of fused-ring (bicyclic) bond motifs is 3. The van der Waals surface area contributed by atoms with Crippen LogP contribution in [0.3, 0.4) is 0 Å². The van der Waals surface area contributed by atoms with Gasteiger partial charge in [0.25, 0.3) is 11.1 Å². The van der Waals surface area contributed by atoms with Gasteiger partial charge in [0.2, 0.25) is 5.91 Å². The number of amides is 1. The van der Waals surface area contributed by atoms with Crippen LogP contribution in [0.4, 0.5) is 10.1 Å². The third kappa shape index (κ3) is 4.85. The van der Waals surface area contributed by atoms with Gasteiger partial charge in [0.05, 0.1) is 5.25 Å².